The van der Waals surface area contributed by atoms with Crippen LogP contribution in [0.4, 0.5) is 0 Å². The third-order valence-electron chi connectivity index (χ3n) is 8.15. The summed E-state index contributed by atoms with van der Waals surface area (Å²) in [5, 5.41) is 1.91. The van der Waals surface area contributed by atoms with Gasteiger partial charge in [-0.05, 0) is 66.9 Å². The average molecular weight is 618 g/mol. The van der Waals surface area contributed by atoms with Crippen molar-refractivity contribution in [2.45, 2.75) is 33.4 Å². The van der Waals surface area contributed by atoms with Gasteiger partial charge in [-0.2, -0.15) is 0 Å². The quantitative estimate of drug-likeness (QED) is 0.208. The molecule has 8 heteroatoms. The van der Waals surface area contributed by atoms with E-state index in [1.54, 1.807) is 16.6 Å². The molecule has 0 fully saturated rings. The molecule has 0 unspecified atom stereocenters. The molecule has 228 valence electrons. The summed E-state index contributed by atoms with van der Waals surface area (Å²) in [5.74, 6) is 1.22. The van der Waals surface area contributed by atoms with E-state index in [4.69, 9.17) is 14.5 Å². The lowest BCUT2D eigenvalue weighted by molar-refractivity contribution is -0.127. The number of likely N-dealkylation sites (N-methyl/N-ethyl adjacent to an activating group) is 1. The van der Waals surface area contributed by atoms with E-state index in [1.165, 1.54) is 11.3 Å². The monoisotopic (exact) mass is 617 g/mol. The molecule has 0 saturated carbocycles. The van der Waals surface area contributed by atoms with Crippen LogP contribution in [0.25, 0.3) is 16.8 Å². The van der Waals surface area contributed by atoms with E-state index in [2.05, 4.69) is 0 Å². The molecule has 0 radical (unpaired) electrons. The summed E-state index contributed by atoms with van der Waals surface area (Å²) in [6.45, 7) is 7.33. The fourth-order valence-corrected chi connectivity index (χ4v) is 6.88. The lowest BCUT2D eigenvalue weighted by Gasteiger charge is -2.30. The standard InChI is InChI=1S/C37H35N3O4S/c1-5-39(6-2)36(42)32-24(3)38-37-40(34(32)33-29-15-11-10-14-27(29)18-21-30(33)43-4)35(41)31(45-37)22-25-16-19-28(20-17-25)44-23-26-12-8-7-9-13-26/h7-22,34H,5-6,23H2,1-4H3/b31-22+/t34-/m0/s1. The van der Waals surface area contributed by atoms with Crippen LogP contribution in [0.15, 0.2) is 112 Å². The van der Waals surface area contributed by atoms with Crippen molar-refractivity contribution in [3.8, 4) is 11.5 Å². The molecule has 0 saturated heterocycles. The number of ether oxygens (including phenoxy) is 2. The zero-order chi connectivity index (χ0) is 31.5. The Balaban J connectivity index is 1.47. The van der Waals surface area contributed by atoms with E-state index in [9.17, 15) is 9.59 Å². The van der Waals surface area contributed by atoms with E-state index in [0.717, 1.165) is 33.2 Å². The Bertz CT molecular complexity index is 2070. The Morgan fingerprint density at radius 1 is 0.956 bits per heavy atom. The maximum atomic E-state index is 14.3. The largest absolute Gasteiger partial charge is 0.496 e. The van der Waals surface area contributed by atoms with Crippen molar-refractivity contribution in [1.29, 1.82) is 0 Å². The van der Waals surface area contributed by atoms with Gasteiger partial charge in [0.05, 0.1) is 22.9 Å². The molecule has 1 aliphatic rings. The van der Waals surface area contributed by atoms with Crippen LogP contribution in [0.3, 0.4) is 0 Å². The smallest absolute Gasteiger partial charge is 0.271 e. The number of carbonyl (C=O) groups excluding carboxylic acids is 1. The van der Waals surface area contributed by atoms with Crippen LogP contribution in [0.5, 0.6) is 11.5 Å². The van der Waals surface area contributed by atoms with Crippen molar-refractivity contribution in [2.75, 3.05) is 20.2 Å². The van der Waals surface area contributed by atoms with Gasteiger partial charge in [0.2, 0.25) is 0 Å². The van der Waals surface area contributed by atoms with Crippen LogP contribution < -0.4 is 24.4 Å². The number of thiazole rings is 1. The van der Waals surface area contributed by atoms with Crippen molar-refractivity contribution in [3.63, 3.8) is 0 Å². The summed E-state index contributed by atoms with van der Waals surface area (Å²) in [6.07, 6.45) is 1.87. The third-order valence-corrected chi connectivity index (χ3v) is 9.14. The number of hydrogen-bond donors (Lipinski definition) is 0. The summed E-state index contributed by atoms with van der Waals surface area (Å²) in [4.78, 5) is 35.6. The summed E-state index contributed by atoms with van der Waals surface area (Å²) in [5.41, 5.74) is 3.59. The molecule has 4 aromatic carbocycles. The van der Waals surface area contributed by atoms with Crippen LogP contribution >= 0.6 is 11.3 Å². The molecule has 0 spiro atoms. The number of carbonyl (C=O) groups is 1. The van der Waals surface area contributed by atoms with Crippen molar-refractivity contribution < 1.29 is 14.3 Å². The molecule has 6 rings (SSSR count). The first-order valence-electron chi connectivity index (χ1n) is 15.1. The van der Waals surface area contributed by atoms with Crippen LogP contribution in [0.1, 0.15) is 43.5 Å². The van der Waals surface area contributed by atoms with Gasteiger partial charge in [0.25, 0.3) is 11.5 Å². The van der Waals surface area contributed by atoms with E-state index >= 15 is 0 Å². The summed E-state index contributed by atoms with van der Waals surface area (Å²) in [6, 6.07) is 28.9. The van der Waals surface area contributed by atoms with E-state index in [1.807, 2.05) is 118 Å². The Labute approximate surface area is 266 Å². The number of hydrogen-bond acceptors (Lipinski definition) is 6. The second-order valence-electron chi connectivity index (χ2n) is 10.8. The molecule has 0 bridgehead atoms. The van der Waals surface area contributed by atoms with Crippen LogP contribution in [-0.4, -0.2) is 35.6 Å². The minimum Gasteiger partial charge on any atom is -0.496 e. The number of allylic oxidation sites excluding steroid dienone is 1. The maximum Gasteiger partial charge on any atom is 0.271 e. The van der Waals surface area contributed by atoms with Gasteiger partial charge in [0.1, 0.15) is 24.1 Å². The van der Waals surface area contributed by atoms with Crippen molar-refractivity contribution in [2.24, 2.45) is 4.99 Å². The SMILES string of the molecule is CCN(CC)C(=O)C1=C(C)N=c2s/c(=C/c3ccc(OCc4ccccc4)cc3)c(=O)n2[C@@H]1c1c(OC)ccc2ccccc12. The highest BCUT2D eigenvalue weighted by molar-refractivity contribution is 7.07. The molecule has 1 aromatic heterocycles. The first kappa shape index (κ1) is 30.1. The van der Waals surface area contributed by atoms with E-state index in [-0.39, 0.29) is 11.5 Å². The summed E-state index contributed by atoms with van der Waals surface area (Å²) in [7, 11) is 1.62. The van der Waals surface area contributed by atoms with Crippen LogP contribution in [-0.2, 0) is 11.4 Å². The highest BCUT2D eigenvalue weighted by Gasteiger charge is 2.36. The van der Waals surface area contributed by atoms with Gasteiger partial charge in [0.15, 0.2) is 4.80 Å². The number of fused-ring (bicyclic) bond motifs is 2. The fourth-order valence-electron chi connectivity index (χ4n) is 5.84. The Hall–Kier alpha value is -4.95. The van der Waals surface area contributed by atoms with Gasteiger partial charge in [-0.3, -0.25) is 14.2 Å². The molecule has 5 aromatic rings. The molecule has 7 nitrogen and oxygen atoms in total. The molecular formula is C37H35N3O4S. The molecule has 2 heterocycles. The zero-order valence-electron chi connectivity index (χ0n) is 25.8. The minimum atomic E-state index is -0.716. The van der Waals surface area contributed by atoms with Gasteiger partial charge >= 0.3 is 0 Å². The molecule has 0 N–H and O–H groups in total. The summed E-state index contributed by atoms with van der Waals surface area (Å²) >= 11 is 1.32. The minimum absolute atomic E-state index is 0.137. The predicted octanol–water partition coefficient (Wildman–Crippen LogP) is 5.84. The first-order chi connectivity index (χ1) is 21.9. The maximum absolute atomic E-state index is 14.3. The number of aromatic nitrogens is 1. The molecule has 1 atom stereocenters. The van der Waals surface area contributed by atoms with Crippen molar-refractivity contribution in [3.05, 3.63) is 139 Å². The second-order valence-corrected chi connectivity index (χ2v) is 11.8. The molecule has 1 aliphatic heterocycles. The van der Waals surface area contributed by atoms with Crippen LogP contribution in [0.2, 0.25) is 0 Å². The number of nitrogens with zero attached hydrogens (tertiary/aromatic N) is 3. The molecule has 45 heavy (non-hydrogen) atoms. The fraction of sp³-hybridized carbons (Fsp3) is 0.216. The highest BCUT2D eigenvalue weighted by Crippen LogP contribution is 2.40. The van der Waals surface area contributed by atoms with Gasteiger partial charge < -0.3 is 14.4 Å². The predicted molar refractivity (Wildman–Crippen MR) is 179 cm³/mol. The van der Waals surface area contributed by atoms with Gasteiger partial charge in [0, 0.05) is 18.7 Å². The lowest BCUT2D eigenvalue weighted by Crippen LogP contribution is -2.43. The van der Waals surface area contributed by atoms with Crippen LogP contribution in [0, 0.1) is 0 Å². The summed E-state index contributed by atoms with van der Waals surface area (Å²) < 4.78 is 14.0. The molecule has 0 aliphatic carbocycles. The number of methoxy groups -OCH3 is 1. The zero-order valence-corrected chi connectivity index (χ0v) is 26.6. The van der Waals surface area contributed by atoms with E-state index < -0.39 is 6.04 Å². The Morgan fingerprint density at radius 2 is 1.67 bits per heavy atom. The van der Waals surface area contributed by atoms with Gasteiger partial charge in [-0.1, -0.05) is 84.1 Å². The molecular weight excluding hydrogens is 582 g/mol. The van der Waals surface area contributed by atoms with Crippen molar-refractivity contribution >= 4 is 34.1 Å². The lowest BCUT2D eigenvalue weighted by atomic mass is 9.90. The average Bonchev–Trinajstić information content (AvgIpc) is 3.37. The normalized spacial score (nSPS) is 14.7. The Morgan fingerprint density at radius 3 is 2.38 bits per heavy atom. The highest BCUT2D eigenvalue weighted by atomic mass is 32.1. The van der Waals surface area contributed by atoms with E-state index in [0.29, 0.717) is 46.0 Å². The number of rotatable bonds is 9. The van der Waals surface area contributed by atoms with Gasteiger partial charge in [-0.15, -0.1) is 0 Å². The number of amides is 1. The van der Waals surface area contributed by atoms with Gasteiger partial charge in [-0.25, -0.2) is 4.99 Å². The topological polar surface area (TPSA) is 73.1 Å². The second kappa shape index (κ2) is 13.0. The molecule has 1 amide bonds. The number of benzene rings is 4. The Kier molecular flexibility index (Phi) is 8.67. The third kappa shape index (κ3) is 5.81. The van der Waals surface area contributed by atoms with Crippen molar-refractivity contribution in [1.82, 2.24) is 9.47 Å². The first-order valence-corrected chi connectivity index (χ1v) is 15.9.